The average Bonchev–Trinajstić information content (AvgIpc) is 3.22. The molecule has 0 saturated heterocycles. The lowest BCUT2D eigenvalue weighted by atomic mass is 10.0. The van der Waals surface area contributed by atoms with E-state index in [-0.39, 0.29) is 23.5 Å². The van der Waals surface area contributed by atoms with E-state index in [9.17, 15) is 10.1 Å². The summed E-state index contributed by atoms with van der Waals surface area (Å²) in [5.74, 6) is -0.670. The Morgan fingerprint density at radius 3 is 2.43 bits per heavy atom. The van der Waals surface area contributed by atoms with Crippen molar-refractivity contribution in [3.05, 3.63) is 69.2 Å². The number of benzene rings is 2. The predicted molar refractivity (Wildman–Crippen MR) is 85.3 cm³/mol. The third-order valence-electron chi connectivity index (χ3n) is 3.86. The zero-order valence-electron chi connectivity index (χ0n) is 11.0. The molecule has 21 heavy (non-hydrogen) atoms. The van der Waals surface area contributed by atoms with Gasteiger partial charge >= 0.3 is 0 Å². The topological polar surface area (TPSA) is 40.9 Å². The minimum absolute atomic E-state index is 0.0129. The van der Waals surface area contributed by atoms with Crippen LogP contribution in [0.2, 0.25) is 5.02 Å². The van der Waals surface area contributed by atoms with Crippen molar-refractivity contribution in [2.24, 2.45) is 11.8 Å². The molecule has 0 spiro atoms. The van der Waals surface area contributed by atoms with Gasteiger partial charge in [0.25, 0.3) is 0 Å². The lowest BCUT2D eigenvalue weighted by molar-refractivity contribution is 0.0962. The van der Waals surface area contributed by atoms with Gasteiger partial charge in [0.15, 0.2) is 5.78 Å². The normalized spacial score (nSPS) is 23.4. The van der Waals surface area contributed by atoms with Crippen LogP contribution >= 0.6 is 27.5 Å². The third kappa shape index (κ3) is 2.62. The summed E-state index contributed by atoms with van der Waals surface area (Å²) in [7, 11) is 0. The SMILES string of the molecule is N#CC1C(C(=O)c2ccc(Br)cc2)C1c1ccccc1Cl. The van der Waals surface area contributed by atoms with E-state index >= 15 is 0 Å². The van der Waals surface area contributed by atoms with Crippen LogP contribution in [-0.4, -0.2) is 5.78 Å². The second-order valence-corrected chi connectivity index (χ2v) is 6.42. The Bertz CT molecular complexity index is 735. The Kier molecular flexibility index (Phi) is 3.84. The van der Waals surface area contributed by atoms with E-state index in [1.165, 1.54) is 0 Å². The van der Waals surface area contributed by atoms with Crippen molar-refractivity contribution in [3.63, 3.8) is 0 Å². The van der Waals surface area contributed by atoms with Crippen molar-refractivity contribution in [2.45, 2.75) is 5.92 Å². The molecule has 3 atom stereocenters. The molecular weight excluding hydrogens is 350 g/mol. The summed E-state index contributed by atoms with van der Waals surface area (Å²) in [6.45, 7) is 0. The fraction of sp³-hybridized carbons (Fsp3) is 0.176. The number of ketones is 1. The van der Waals surface area contributed by atoms with Crippen LogP contribution < -0.4 is 0 Å². The molecule has 0 aliphatic heterocycles. The van der Waals surface area contributed by atoms with E-state index in [1.54, 1.807) is 18.2 Å². The molecule has 0 N–H and O–H groups in total. The number of nitriles is 1. The van der Waals surface area contributed by atoms with Gasteiger partial charge in [-0.15, -0.1) is 0 Å². The lowest BCUT2D eigenvalue weighted by Crippen LogP contribution is -2.04. The number of carbonyl (C=O) groups is 1. The molecule has 3 rings (SSSR count). The summed E-state index contributed by atoms with van der Waals surface area (Å²) in [6.07, 6.45) is 0. The molecule has 0 radical (unpaired) electrons. The average molecular weight is 361 g/mol. The van der Waals surface area contributed by atoms with E-state index < -0.39 is 0 Å². The molecule has 2 nitrogen and oxygen atoms in total. The summed E-state index contributed by atoms with van der Waals surface area (Å²) in [5, 5.41) is 9.91. The Morgan fingerprint density at radius 1 is 1.14 bits per heavy atom. The van der Waals surface area contributed by atoms with Crippen LogP contribution in [-0.2, 0) is 0 Å². The number of halogens is 2. The van der Waals surface area contributed by atoms with E-state index in [1.807, 2.05) is 30.3 Å². The van der Waals surface area contributed by atoms with Crippen LogP contribution in [0.5, 0.6) is 0 Å². The first-order valence-electron chi connectivity index (χ1n) is 6.57. The Morgan fingerprint density at radius 2 is 1.81 bits per heavy atom. The van der Waals surface area contributed by atoms with Crippen molar-refractivity contribution in [1.82, 2.24) is 0 Å². The molecule has 1 aliphatic rings. The summed E-state index contributed by atoms with van der Waals surface area (Å²) < 4.78 is 0.925. The van der Waals surface area contributed by atoms with Crippen molar-refractivity contribution in [2.75, 3.05) is 0 Å². The first-order chi connectivity index (χ1) is 10.1. The Balaban J connectivity index is 1.89. The number of carbonyl (C=O) groups excluding carboxylic acids is 1. The van der Waals surface area contributed by atoms with Crippen LogP contribution in [0.1, 0.15) is 21.8 Å². The Hall–Kier alpha value is -1.63. The largest absolute Gasteiger partial charge is 0.294 e. The minimum atomic E-state index is -0.295. The molecule has 1 fully saturated rings. The molecule has 2 aromatic carbocycles. The summed E-state index contributed by atoms with van der Waals surface area (Å²) in [6, 6.07) is 16.9. The van der Waals surface area contributed by atoms with Gasteiger partial charge in [0, 0.05) is 26.9 Å². The first kappa shape index (κ1) is 14.3. The van der Waals surface area contributed by atoms with Crippen LogP contribution in [0.15, 0.2) is 53.0 Å². The lowest BCUT2D eigenvalue weighted by Gasteiger charge is -2.03. The van der Waals surface area contributed by atoms with Gasteiger partial charge in [-0.2, -0.15) is 5.26 Å². The molecule has 0 heterocycles. The number of nitrogens with zero attached hydrogens (tertiary/aromatic N) is 1. The number of hydrogen-bond acceptors (Lipinski definition) is 2. The highest BCUT2D eigenvalue weighted by molar-refractivity contribution is 9.10. The zero-order chi connectivity index (χ0) is 15.0. The smallest absolute Gasteiger partial charge is 0.167 e. The monoisotopic (exact) mass is 359 g/mol. The van der Waals surface area contributed by atoms with Crippen molar-refractivity contribution < 1.29 is 4.79 Å². The molecule has 4 heteroatoms. The van der Waals surface area contributed by atoms with Gasteiger partial charge in [-0.05, 0) is 23.8 Å². The highest BCUT2D eigenvalue weighted by Crippen LogP contribution is 2.56. The van der Waals surface area contributed by atoms with Gasteiger partial charge in [-0.25, -0.2) is 0 Å². The van der Waals surface area contributed by atoms with Crippen LogP contribution in [0.3, 0.4) is 0 Å². The van der Waals surface area contributed by atoms with E-state index in [0.717, 1.165) is 10.0 Å². The molecule has 3 unspecified atom stereocenters. The van der Waals surface area contributed by atoms with E-state index in [0.29, 0.717) is 10.6 Å². The van der Waals surface area contributed by atoms with Gasteiger partial charge in [0.2, 0.25) is 0 Å². The van der Waals surface area contributed by atoms with Crippen LogP contribution in [0.25, 0.3) is 0 Å². The van der Waals surface area contributed by atoms with Crippen LogP contribution in [0.4, 0.5) is 0 Å². The van der Waals surface area contributed by atoms with Crippen molar-refractivity contribution >= 4 is 33.3 Å². The maximum atomic E-state index is 12.6. The highest BCUT2D eigenvalue weighted by Gasteiger charge is 2.56. The molecule has 1 aliphatic carbocycles. The number of Topliss-reactive ketones (excluding diaryl/α,β-unsaturated/α-hetero) is 1. The van der Waals surface area contributed by atoms with E-state index in [2.05, 4.69) is 22.0 Å². The molecule has 104 valence electrons. The molecule has 0 aromatic heterocycles. The number of hydrogen-bond donors (Lipinski definition) is 0. The summed E-state index contributed by atoms with van der Waals surface area (Å²) >= 11 is 9.54. The van der Waals surface area contributed by atoms with Crippen molar-refractivity contribution in [3.8, 4) is 6.07 Å². The molecule has 1 saturated carbocycles. The summed E-state index contributed by atoms with van der Waals surface area (Å²) in [4.78, 5) is 12.6. The molecule has 2 aromatic rings. The maximum Gasteiger partial charge on any atom is 0.167 e. The summed E-state index contributed by atoms with van der Waals surface area (Å²) in [5.41, 5.74) is 1.53. The first-order valence-corrected chi connectivity index (χ1v) is 7.74. The minimum Gasteiger partial charge on any atom is -0.294 e. The standard InChI is InChI=1S/C17H11BrClNO/c18-11-7-5-10(6-8-11)17(21)16-13(9-20)15(16)12-3-1-2-4-14(12)19/h1-8,13,15-16H. The van der Waals surface area contributed by atoms with Gasteiger partial charge in [-0.1, -0.05) is 57.9 Å². The van der Waals surface area contributed by atoms with Gasteiger partial charge in [0.05, 0.1) is 12.0 Å². The van der Waals surface area contributed by atoms with Crippen molar-refractivity contribution in [1.29, 1.82) is 5.26 Å². The van der Waals surface area contributed by atoms with Crippen LogP contribution in [0, 0.1) is 23.2 Å². The zero-order valence-corrected chi connectivity index (χ0v) is 13.3. The third-order valence-corrected chi connectivity index (χ3v) is 4.74. The maximum absolute atomic E-state index is 12.6. The van der Waals surface area contributed by atoms with E-state index in [4.69, 9.17) is 11.6 Å². The van der Waals surface area contributed by atoms with Gasteiger partial charge in [-0.3, -0.25) is 4.79 Å². The molecular formula is C17H11BrClNO. The van der Waals surface area contributed by atoms with Gasteiger partial charge < -0.3 is 0 Å². The van der Waals surface area contributed by atoms with Gasteiger partial charge in [0.1, 0.15) is 0 Å². The second kappa shape index (κ2) is 5.63. The molecule has 0 amide bonds. The fourth-order valence-corrected chi connectivity index (χ4v) is 3.26. The molecule has 0 bridgehead atoms. The Labute approximate surface area is 136 Å². The quantitative estimate of drug-likeness (QED) is 0.735. The highest BCUT2D eigenvalue weighted by atomic mass is 79.9. The fourth-order valence-electron chi connectivity index (χ4n) is 2.74. The predicted octanol–water partition coefficient (Wildman–Crippen LogP) is 4.84. The number of rotatable bonds is 3. The second-order valence-electron chi connectivity index (χ2n) is 5.10.